The molecule has 0 radical (unpaired) electrons. The number of halogens is 2. The van der Waals surface area contributed by atoms with Crippen molar-refractivity contribution in [2.75, 3.05) is 0 Å². The topological polar surface area (TPSA) is 72.2 Å². The highest BCUT2D eigenvalue weighted by molar-refractivity contribution is 7.89. The molecule has 0 heterocycles. The second-order valence-electron chi connectivity index (χ2n) is 6.13. The number of nitrogens with two attached hydrogens (primary N) is 1. The number of rotatable bonds is 4. The first-order valence-electron chi connectivity index (χ1n) is 6.88. The molecule has 0 saturated heterocycles. The van der Waals surface area contributed by atoms with Gasteiger partial charge in [0.15, 0.2) is 0 Å². The van der Waals surface area contributed by atoms with Crippen LogP contribution < -0.4 is 10.5 Å². The Hall–Kier alpha value is -0.330. The van der Waals surface area contributed by atoms with Crippen LogP contribution in [0, 0.1) is 5.41 Å². The van der Waals surface area contributed by atoms with Crippen molar-refractivity contribution >= 4 is 33.2 Å². The molecular weight excluding hydrogens is 331 g/mol. The van der Waals surface area contributed by atoms with Gasteiger partial charge in [-0.1, -0.05) is 43.5 Å². The highest BCUT2D eigenvalue weighted by Gasteiger charge is 2.37. The summed E-state index contributed by atoms with van der Waals surface area (Å²) in [6.07, 6.45) is 2.85. The zero-order chi connectivity index (χ0) is 15.8. The summed E-state index contributed by atoms with van der Waals surface area (Å²) < 4.78 is 28.0. The van der Waals surface area contributed by atoms with Gasteiger partial charge in [0.1, 0.15) is 4.90 Å². The monoisotopic (exact) mass is 350 g/mol. The van der Waals surface area contributed by atoms with E-state index < -0.39 is 10.0 Å². The molecule has 1 atom stereocenters. The smallest absolute Gasteiger partial charge is 0.242 e. The van der Waals surface area contributed by atoms with Crippen molar-refractivity contribution < 1.29 is 8.42 Å². The van der Waals surface area contributed by atoms with E-state index in [1.807, 2.05) is 0 Å². The van der Waals surface area contributed by atoms with E-state index in [1.54, 1.807) is 0 Å². The fourth-order valence-electron chi connectivity index (χ4n) is 2.73. The van der Waals surface area contributed by atoms with E-state index in [-0.39, 0.29) is 27.9 Å². The largest absolute Gasteiger partial charge is 0.326 e. The van der Waals surface area contributed by atoms with Crippen LogP contribution in [0.2, 0.25) is 10.0 Å². The third kappa shape index (κ3) is 3.54. The second kappa shape index (κ2) is 6.05. The van der Waals surface area contributed by atoms with E-state index in [1.165, 1.54) is 12.1 Å². The first-order valence-corrected chi connectivity index (χ1v) is 9.11. The summed E-state index contributed by atoms with van der Waals surface area (Å²) in [5.41, 5.74) is 6.09. The van der Waals surface area contributed by atoms with Gasteiger partial charge in [0.2, 0.25) is 10.0 Å². The van der Waals surface area contributed by atoms with Crippen molar-refractivity contribution in [3.05, 3.63) is 27.7 Å². The Bertz CT molecular complexity index is 645. The molecule has 0 bridgehead atoms. The first kappa shape index (κ1) is 17.0. The maximum absolute atomic E-state index is 12.6. The summed E-state index contributed by atoms with van der Waals surface area (Å²) >= 11 is 12.0. The molecule has 0 aromatic heterocycles. The van der Waals surface area contributed by atoms with E-state index in [4.69, 9.17) is 28.9 Å². The van der Waals surface area contributed by atoms with Gasteiger partial charge in [-0.2, -0.15) is 0 Å². The molecule has 1 fully saturated rings. The summed E-state index contributed by atoms with van der Waals surface area (Å²) in [7, 11) is -3.69. The third-order valence-electron chi connectivity index (χ3n) is 4.17. The van der Waals surface area contributed by atoms with Crippen LogP contribution in [0.5, 0.6) is 0 Å². The minimum atomic E-state index is -3.69. The van der Waals surface area contributed by atoms with Crippen LogP contribution in [0.1, 0.15) is 38.7 Å². The lowest BCUT2D eigenvalue weighted by Crippen LogP contribution is -2.41. The van der Waals surface area contributed by atoms with Crippen LogP contribution in [0.25, 0.3) is 0 Å². The molecule has 1 aliphatic rings. The lowest BCUT2D eigenvalue weighted by Gasteiger charge is -2.27. The van der Waals surface area contributed by atoms with E-state index in [0.717, 1.165) is 19.3 Å². The van der Waals surface area contributed by atoms with Crippen LogP contribution in [0.4, 0.5) is 0 Å². The van der Waals surface area contributed by atoms with Crippen molar-refractivity contribution in [3.8, 4) is 0 Å². The van der Waals surface area contributed by atoms with E-state index in [2.05, 4.69) is 18.6 Å². The molecule has 1 saturated carbocycles. The molecule has 1 aromatic carbocycles. The van der Waals surface area contributed by atoms with Crippen LogP contribution >= 0.6 is 23.2 Å². The molecule has 0 aliphatic heterocycles. The Morgan fingerprint density at radius 1 is 1.33 bits per heavy atom. The number of benzene rings is 1. The molecule has 4 nitrogen and oxygen atoms in total. The van der Waals surface area contributed by atoms with Gasteiger partial charge in [-0.3, -0.25) is 0 Å². The Balaban J connectivity index is 2.36. The molecule has 118 valence electrons. The summed E-state index contributed by atoms with van der Waals surface area (Å²) in [4.78, 5) is 0.0386. The van der Waals surface area contributed by atoms with Crippen LogP contribution in [-0.4, -0.2) is 14.5 Å². The minimum absolute atomic E-state index is 0.0386. The summed E-state index contributed by atoms with van der Waals surface area (Å²) in [5, 5.41) is 0.489. The molecule has 2 rings (SSSR count). The Kier molecular flexibility index (Phi) is 4.90. The predicted molar refractivity (Wildman–Crippen MR) is 86.1 cm³/mol. The van der Waals surface area contributed by atoms with Crippen molar-refractivity contribution in [2.45, 2.75) is 50.6 Å². The number of hydrogen-bond acceptors (Lipinski definition) is 3. The van der Waals surface area contributed by atoms with Crippen LogP contribution in [-0.2, 0) is 16.6 Å². The lowest BCUT2D eigenvalue weighted by atomic mass is 9.88. The lowest BCUT2D eigenvalue weighted by molar-refractivity contribution is 0.313. The summed E-state index contributed by atoms with van der Waals surface area (Å²) in [5.74, 6) is 0. The molecule has 3 N–H and O–H groups in total. The number of sulfonamides is 1. The third-order valence-corrected chi connectivity index (χ3v) is 6.45. The van der Waals surface area contributed by atoms with E-state index >= 15 is 0 Å². The van der Waals surface area contributed by atoms with E-state index in [0.29, 0.717) is 10.6 Å². The van der Waals surface area contributed by atoms with Crippen LogP contribution in [0.3, 0.4) is 0 Å². The fourth-order valence-corrected chi connectivity index (χ4v) is 5.05. The van der Waals surface area contributed by atoms with Crippen molar-refractivity contribution in [2.24, 2.45) is 11.1 Å². The average Bonchev–Trinajstić information content (AvgIpc) is 2.68. The highest BCUT2D eigenvalue weighted by atomic mass is 35.5. The van der Waals surface area contributed by atoms with Crippen molar-refractivity contribution in [1.82, 2.24) is 4.72 Å². The summed E-state index contributed by atoms with van der Waals surface area (Å²) in [6, 6.07) is 2.80. The van der Waals surface area contributed by atoms with Crippen LogP contribution in [0.15, 0.2) is 17.0 Å². The van der Waals surface area contributed by atoms with Gasteiger partial charge >= 0.3 is 0 Å². The van der Waals surface area contributed by atoms with Gasteiger partial charge in [0, 0.05) is 17.6 Å². The zero-order valence-electron chi connectivity index (χ0n) is 12.1. The normalized spacial score (nSPS) is 21.7. The maximum atomic E-state index is 12.6. The Morgan fingerprint density at radius 3 is 2.52 bits per heavy atom. The fraction of sp³-hybridized carbons (Fsp3) is 0.571. The van der Waals surface area contributed by atoms with Crippen molar-refractivity contribution in [3.63, 3.8) is 0 Å². The molecule has 1 unspecified atom stereocenters. The van der Waals surface area contributed by atoms with Gasteiger partial charge in [-0.15, -0.1) is 0 Å². The highest BCUT2D eigenvalue weighted by Crippen LogP contribution is 2.38. The van der Waals surface area contributed by atoms with Gasteiger partial charge in [-0.25, -0.2) is 13.1 Å². The predicted octanol–water partition coefficient (Wildman–Crippen LogP) is 3.31. The van der Waals surface area contributed by atoms with Gasteiger partial charge < -0.3 is 5.73 Å². The molecule has 1 aliphatic carbocycles. The quantitative estimate of drug-likeness (QED) is 0.874. The van der Waals surface area contributed by atoms with Crippen molar-refractivity contribution in [1.29, 1.82) is 0 Å². The molecule has 7 heteroatoms. The minimum Gasteiger partial charge on any atom is -0.326 e. The first-order chi connectivity index (χ1) is 9.67. The molecular formula is C14H20Cl2N2O2S. The number of hydrogen-bond donors (Lipinski definition) is 2. The molecule has 0 amide bonds. The summed E-state index contributed by atoms with van der Waals surface area (Å²) in [6.45, 7) is 4.30. The average molecular weight is 351 g/mol. The van der Waals surface area contributed by atoms with E-state index in [9.17, 15) is 8.42 Å². The molecule has 0 spiro atoms. The maximum Gasteiger partial charge on any atom is 0.242 e. The van der Waals surface area contributed by atoms with Gasteiger partial charge in [0.25, 0.3) is 0 Å². The zero-order valence-corrected chi connectivity index (χ0v) is 14.4. The standard InChI is InChI=1S/C14H20Cl2N2O2S/c1-14(2)5-3-4-13(14)18-21(19,20)12-6-9(8-17)10(15)7-11(12)16/h6-7,13,18H,3-5,8,17H2,1-2H3. The van der Waals surface area contributed by atoms with Gasteiger partial charge in [-0.05, 0) is 36.0 Å². The second-order valence-corrected chi connectivity index (χ2v) is 8.63. The number of nitrogens with one attached hydrogen (secondary N) is 1. The molecule has 1 aromatic rings. The SMILES string of the molecule is CC1(C)CCCC1NS(=O)(=O)c1cc(CN)c(Cl)cc1Cl. The Labute approximate surface area is 136 Å². The van der Waals surface area contributed by atoms with Gasteiger partial charge in [0.05, 0.1) is 5.02 Å². The Morgan fingerprint density at radius 2 is 2.00 bits per heavy atom. The molecule has 21 heavy (non-hydrogen) atoms.